The molecule has 0 spiro atoms. The Morgan fingerprint density at radius 3 is 2.50 bits per heavy atom. The van der Waals surface area contributed by atoms with Crippen molar-refractivity contribution in [3.63, 3.8) is 0 Å². The monoisotopic (exact) mass is 237 g/mol. The second-order valence-corrected chi connectivity index (χ2v) is 5.31. The molecule has 1 saturated carbocycles. The molecule has 88 valence electrons. The molecule has 1 fully saturated rings. The van der Waals surface area contributed by atoms with Gasteiger partial charge in [0.15, 0.2) is 0 Å². The predicted octanol–water partition coefficient (Wildman–Crippen LogP) is 3.52. The first kappa shape index (κ1) is 11.9. The molecule has 1 aliphatic carbocycles. The topological polar surface area (TPSA) is 12.0 Å². The SMILES string of the molecule is CCNC(Cc1ccc(Cl)cc1)C1CC1C. The van der Waals surface area contributed by atoms with E-state index in [9.17, 15) is 0 Å². The number of hydrogen-bond donors (Lipinski definition) is 1. The maximum atomic E-state index is 5.89. The molecule has 0 radical (unpaired) electrons. The standard InChI is InChI=1S/C14H20ClN/c1-3-16-14(13-8-10(13)2)9-11-4-6-12(15)7-5-11/h4-7,10,13-14,16H,3,8-9H2,1-2H3. The number of rotatable bonds is 5. The molecule has 16 heavy (non-hydrogen) atoms. The maximum absolute atomic E-state index is 5.89. The molecule has 0 aromatic heterocycles. The van der Waals surface area contributed by atoms with E-state index in [0.717, 1.165) is 29.8 Å². The Kier molecular flexibility index (Phi) is 3.88. The minimum atomic E-state index is 0.640. The van der Waals surface area contributed by atoms with Gasteiger partial charge in [0.2, 0.25) is 0 Å². The van der Waals surface area contributed by atoms with Gasteiger partial charge in [-0.05, 0) is 48.9 Å². The van der Waals surface area contributed by atoms with E-state index in [1.54, 1.807) is 0 Å². The molecular weight excluding hydrogens is 218 g/mol. The third-order valence-electron chi connectivity index (χ3n) is 3.52. The Morgan fingerprint density at radius 1 is 1.38 bits per heavy atom. The minimum Gasteiger partial charge on any atom is -0.314 e. The van der Waals surface area contributed by atoms with Gasteiger partial charge in [-0.3, -0.25) is 0 Å². The predicted molar refractivity (Wildman–Crippen MR) is 69.9 cm³/mol. The highest BCUT2D eigenvalue weighted by molar-refractivity contribution is 6.30. The fourth-order valence-electron chi connectivity index (χ4n) is 2.42. The Hall–Kier alpha value is -0.530. The number of halogens is 1. The van der Waals surface area contributed by atoms with E-state index in [-0.39, 0.29) is 0 Å². The van der Waals surface area contributed by atoms with Crippen molar-refractivity contribution in [3.05, 3.63) is 34.9 Å². The zero-order valence-electron chi connectivity index (χ0n) is 10.0. The van der Waals surface area contributed by atoms with Gasteiger partial charge < -0.3 is 5.32 Å². The number of nitrogens with one attached hydrogen (secondary N) is 1. The number of likely N-dealkylation sites (N-methyl/N-ethyl adjacent to an activating group) is 1. The van der Waals surface area contributed by atoms with E-state index >= 15 is 0 Å². The van der Waals surface area contributed by atoms with Crippen LogP contribution in [0.5, 0.6) is 0 Å². The third kappa shape index (κ3) is 2.99. The van der Waals surface area contributed by atoms with Gasteiger partial charge in [0.05, 0.1) is 0 Å². The first-order valence-electron chi connectivity index (χ1n) is 6.18. The lowest BCUT2D eigenvalue weighted by Crippen LogP contribution is -2.33. The minimum absolute atomic E-state index is 0.640. The van der Waals surface area contributed by atoms with Gasteiger partial charge >= 0.3 is 0 Å². The molecule has 0 saturated heterocycles. The number of benzene rings is 1. The van der Waals surface area contributed by atoms with Crippen LogP contribution in [0.2, 0.25) is 5.02 Å². The number of hydrogen-bond acceptors (Lipinski definition) is 1. The van der Waals surface area contributed by atoms with Crippen LogP contribution in [0.1, 0.15) is 25.8 Å². The molecule has 1 N–H and O–H groups in total. The van der Waals surface area contributed by atoms with Crippen LogP contribution in [0.3, 0.4) is 0 Å². The van der Waals surface area contributed by atoms with Crippen molar-refractivity contribution >= 4 is 11.6 Å². The highest BCUT2D eigenvalue weighted by atomic mass is 35.5. The Labute approximate surface area is 103 Å². The summed E-state index contributed by atoms with van der Waals surface area (Å²) in [6.45, 7) is 5.58. The lowest BCUT2D eigenvalue weighted by atomic mass is 10.0. The average Bonchev–Trinajstić information content (AvgIpc) is 2.98. The Balaban J connectivity index is 1.97. The summed E-state index contributed by atoms with van der Waals surface area (Å²) < 4.78 is 0. The molecule has 0 amide bonds. The van der Waals surface area contributed by atoms with Crippen molar-refractivity contribution in [2.45, 2.75) is 32.7 Å². The van der Waals surface area contributed by atoms with Crippen molar-refractivity contribution < 1.29 is 0 Å². The van der Waals surface area contributed by atoms with Crippen LogP contribution in [0.25, 0.3) is 0 Å². The fourth-order valence-corrected chi connectivity index (χ4v) is 2.55. The molecule has 1 nitrogen and oxygen atoms in total. The van der Waals surface area contributed by atoms with E-state index in [2.05, 4.69) is 31.3 Å². The van der Waals surface area contributed by atoms with Crippen LogP contribution in [-0.4, -0.2) is 12.6 Å². The smallest absolute Gasteiger partial charge is 0.0406 e. The van der Waals surface area contributed by atoms with Crippen molar-refractivity contribution in [1.29, 1.82) is 0 Å². The normalized spacial score (nSPS) is 25.4. The molecule has 1 aromatic rings. The first-order chi connectivity index (χ1) is 7.70. The molecule has 2 rings (SSSR count). The largest absolute Gasteiger partial charge is 0.314 e. The summed E-state index contributed by atoms with van der Waals surface area (Å²) in [5.41, 5.74) is 1.38. The molecule has 3 atom stereocenters. The summed E-state index contributed by atoms with van der Waals surface area (Å²) in [7, 11) is 0. The highest BCUT2D eigenvalue weighted by Crippen LogP contribution is 2.41. The van der Waals surface area contributed by atoms with Gasteiger partial charge in [-0.25, -0.2) is 0 Å². The second kappa shape index (κ2) is 5.20. The summed E-state index contributed by atoms with van der Waals surface area (Å²) >= 11 is 5.89. The second-order valence-electron chi connectivity index (χ2n) is 4.87. The maximum Gasteiger partial charge on any atom is 0.0406 e. The quantitative estimate of drug-likeness (QED) is 0.827. The fraction of sp³-hybridized carbons (Fsp3) is 0.571. The van der Waals surface area contributed by atoms with Gasteiger partial charge in [-0.15, -0.1) is 0 Å². The van der Waals surface area contributed by atoms with E-state index < -0.39 is 0 Å². The van der Waals surface area contributed by atoms with Gasteiger partial charge in [0.1, 0.15) is 0 Å². The van der Waals surface area contributed by atoms with Crippen molar-refractivity contribution in [1.82, 2.24) is 5.32 Å². The average molecular weight is 238 g/mol. The third-order valence-corrected chi connectivity index (χ3v) is 3.78. The highest BCUT2D eigenvalue weighted by Gasteiger charge is 2.38. The zero-order chi connectivity index (χ0) is 11.5. The summed E-state index contributed by atoms with van der Waals surface area (Å²) in [5, 5.41) is 4.43. The van der Waals surface area contributed by atoms with Gasteiger partial charge in [0.25, 0.3) is 0 Å². The summed E-state index contributed by atoms with van der Waals surface area (Å²) in [6.07, 6.45) is 2.51. The van der Waals surface area contributed by atoms with Crippen molar-refractivity contribution in [2.24, 2.45) is 11.8 Å². The van der Waals surface area contributed by atoms with Crippen LogP contribution in [0, 0.1) is 11.8 Å². The van der Waals surface area contributed by atoms with E-state index in [4.69, 9.17) is 11.6 Å². The van der Waals surface area contributed by atoms with E-state index in [1.165, 1.54) is 12.0 Å². The molecule has 1 aromatic carbocycles. The van der Waals surface area contributed by atoms with Crippen LogP contribution < -0.4 is 5.32 Å². The molecule has 3 unspecified atom stereocenters. The van der Waals surface area contributed by atoms with E-state index in [0.29, 0.717) is 6.04 Å². The molecule has 0 aliphatic heterocycles. The zero-order valence-corrected chi connectivity index (χ0v) is 10.8. The van der Waals surface area contributed by atoms with Gasteiger partial charge in [0, 0.05) is 11.1 Å². The van der Waals surface area contributed by atoms with Crippen LogP contribution in [0.4, 0.5) is 0 Å². The lowest BCUT2D eigenvalue weighted by Gasteiger charge is -2.17. The molecule has 0 heterocycles. The van der Waals surface area contributed by atoms with Gasteiger partial charge in [-0.2, -0.15) is 0 Å². The summed E-state index contributed by atoms with van der Waals surface area (Å²) in [6, 6.07) is 8.88. The van der Waals surface area contributed by atoms with Crippen LogP contribution in [-0.2, 0) is 6.42 Å². The lowest BCUT2D eigenvalue weighted by molar-refractivity contribution is 0.454. The molecule has 0 bridgehead atoms. The van der Waals surface area contributed by atoms with Gasteiger partial charge in [-0.1, -0.05) is 37.6 Å². The molecular formula is C14H20ClN. The summed E-state index contributed by atoms with van der Waals surface area (Å²) in [4.78, 5) is 0. The Bertz CT molecular complexity index is 333. The van der Waals surface area contributed by atoms with E-state index in [1.807, 2.05) is 12.1 Å². The molecule has 2 heteroatoms. The van der Waals surface area contributed by atoms with Crippen LogP contribution >= 0.6 is 11.6 Å². The Morgan fingerprint density at radius 2 is 2.00 bits per heavy atom. The molecule has 1 aliphatic rings. The van der Waals surface area contributed by atoms with Crippen LogP contribution in [0.15, 0.2) is 24.3 Å². The van der Waals surface area contributed by atoms with Crippen molar-refractivity contribution in [2.75, 3.05) is 6.54 Å². The van der Waals surface area contributed by atoms with Crippen molar-refractivity contribution in [3.8, 4) is 0 Å². The first-order valence-corrected chi connectivity index (χ1v) is 6.56. The summed E-state index contributed by atoms with van der Waals surface area (Å²) in [5.74, 6) is 1.77.